The molecule has 1 heterocycles. The largest absolute Gasteiger partial charge is 0.493 e. The number of piperidine rings is 1. The molecule has 1 aromatic carbocycles. The zero-order valence-corrected chi connectivity index (χ0v) is 18.0. The molecule has 0 unspecified atom stereocenters. The Morgan fingerprint density at radius 1 is 1.13 bits per heavy atom. The van der Waals surface area contributed by atoms with Gasteiger partial charge in [-0.3, -0.25) is 9.59 Å². The molecule has 0 aromatic heterocycles. The fraction of sp³-hybridized carbons (Fsp3) is 0.583. The molecule has 1 N–H and O–H groups in total. The van der Waals surface area contributed by atoms with E-state index in [1.165, 1.54) is 19.3 Å². The maximum Gasteiger partial charge on any atom is 0.258 e. The minimum absolute atomic E-state index is 0.0572. The Morgan fingerprint density at radius 2 is 1.87 bits per heavy atom. The number of likely N-dealkylation sites (tertiary alicyclic amines) is 1. The fourth-order valence-corrected chi connectivity index (χ4v) is 4.39. The third-order valence-electron chi connectivity index (χ3n) is 6.09. The summed E-state index contributed by atoms with van der Waals surface area (Å²) in [5.74, 6) is 1.54. The summed E-state index contributed by atoms with van der Waals surface area (Å²) < 4.78 is 11.0. The summed E-state index contributed by atoms with van der Waals surface area (Å²) in [6.07, 6.45) is 9.83. The Kier molecular flexibility index (Phi) is 8.17. The van der Waals surface area contributed by atoms with Crippen LogP contribution in [-0.4, -0.2) is 49.6 Å². The zero-order chi connectivity index (χ0) is 21.3. The van der Waals surface area contributed by atoms with Gasteiger partial charge in [0.2, 0.25) is 5.91 Å². The van der Waals surface area contributed by atoms with Crippen molar-refractivity contribution in [3.63, 3.8) is 0 Å². The molecule has 1 aliphatic carbocycles. The Labute approximate surface area is 179 Å². The van der Waals surface area contributed by atoms with Crippen LogP contribution in [0.25, 0.3) is 0 Å². The number of methoxy groups -OCH3 is 1. The van der Waals surface area contributed by atoms with Crippen LogP contribution in [0.3, 0.4) is 0 Å². The van der Waals surface area contributed by atoms with Gasteiger partial charge in [0.1, 0.15) is 0 Å². The van der Waals surface area contributed by atoms with E-state index in [1.807, 2.05) is 29.2 Å². The highest BCUT2D eigenvalue weighted by Crippen LogP contribution is 2.29. The Bertz CT molecular complexity index is 735. The Hall–Kier alpha value is -2.50. The molecule has 1 aliphatic heterocycles. The average molecular weight is 415 g/mol. The van der Waals surface area contributed by atoms with Crippen LogP contribution >= 0.6 is 0 Å². The number of hydrogen-bond donors (Lipinski definition) is 1. The van der Waals surface area contributed by atoms with Crippen LogP contribution in [0, 0.1) is 5.92 Å². The molecule has 0 spiro atoms. The molecule has 1 aromatic rings. The molecule has 6 heteroatoms. The van der Waals surface area contributed by atoms with Crippen LogP contribution < -0.4 is 14.8 Å². The first-order valence-corrected chi connectivity index (χ1v) is 11.1. The molecule has 0 radical (unpaired) electrons. The first-order chi connectivity index (χ1) is 14.6. The van der Waals surface area contributed by atoms with Crippen LogP contribution in [0.5, 0.6) is 11.5 Å². The molecule has 2 fully saturated rings. The van der Waals surface area contributed by atoms with Crippen molar-refractivity contribution in [3.8, 4) is 11.5 Å². The fourth-order valence-electron chi connectivity index (χ4n) is 4.39. The van der Waals surface area contributed by atoms with Crippen molar-refractivity contribution in [1.82, 2.24) is 10.2 Å². The van der Waals surface area contributed by atoms with E-state index in [4.69, 9.17) is 9.47 Å². The van der Waals surface area contributed by atoms with Crippen LogP contribution in [0.15, 0.2) is 30.9 Å². The van der Waals surface area contributed by atoms with Gasteiger partial charge in [-0.15, -0.1) is 6.58 Å². The Morgan fingerprint density at radius 3 is 2.53 bits per heavy atom. The van der Waals surface area contributed by atoms with Crippen LogP contribution in [-0.2, 0) is 16.0 Å². The van der Waals surface area contributed by atoms with Crippen LogP contribution in [0.4, 0.5) is 0 Å². The van der Waals surface area contributed by atoms with Gasteiger partial charge in [-0.05, 0) is 49.8 Å². The number of nitrogens with one attached hydrogen (secondary N) is 1. The maximum absolute atomic E-state index is 12.7. The van der Waals surface area contributed by atoms with E-state index >= 15 is 0 Å². The summed E-state index contributed by atoms with van der Waals surface area (Å²) in [4.78, 5) is 27.0. The van der Waals surface area contributed by atoms with Crippen molar-refractivity contribution >= 4 is 11.8 Å². The minimum atomic E-state index is -0.149. The van der Waals surface area contributed by atoms with Crippen molar-refractivity contribution < 1.29 is 19.1 Å². The minimum Gasteiger partial charge on any atom is -0.493 e. The second kappa shape index (κ2) is 11.0. The smallest absolute Gasteiger partial charge is 0.258 e. The van der Waals surface area contributed by atoms with Crippen molar-refractivity contribution in [2.24, 2.45) is 5.92 Å². The van der Waals surface area contributed by atoms with Gasteiger partial charge in [-0.2, -0.15) is 0 Å². The molecule has 30 heavy (non-hydrogen) atoms. The summed E-state index contributed by atoms with van der Waals surface area (Å²) >= 11 is 0. The van der Waals surface area contributed by atoms with Gasteiger partial charge in [0.15, 0.2) is 18.1 Å². The lowest BCUT2D eigenvalue weighted by molar-refractivity contribution is -0.137. The molecule has 0 atom stereocenters. The Balaban J connectivity index is 1.42. The highest BCUT2D eigenvalue weighted by atomic mass is 16.5. The van der Waals surface area contributed by atoms with E-state index in [2.05, 4.69) is 11.9 Å². The van der Waals surface area contributed by atoms with E-state index in [9.17, 15) is 9.59 Å². The molecule has 0 bridgehead atoms. The van der Waals surface area contributed by atoms with Crippen molar-refractivity contribution in [1.29, 1.82) is 0 Å². The topological polar surface area (TPSA) is 67.9 Å². The number of hydrogen-bond acceptors (Lipinski definition) is 4. The van der Waals surface area contributed by atoms with E-state index in [-0.39, 0.29) is 24.5 Å². The van der Waals surface area contributed by atoms with E-state index in [0.29, 0.717) is 17.4 Å². The molecule has 6 nitrogen and oxygen atoms in total. The number of carbonyl (C=O) groups excluding carboxylic acids is 2. The van der Waals surface area contributed by atoms with E-state index < -0.39 is 0 Å². The van der Waals surface area contributed by atoms with Crippen LogP contribution in [0.2, 0.25) is 0 Å². The van der Waals surface area contributed by atoms with E-state index in [1.54, 1.807) is 7.11 Å². The first-order valence-electron chi connectivity index (χ1n) is 11.1. The molecule has 2 aliphatic rings. The van der Waals surface area contributed by atoms with Crippen molar-refractivity contribution in [2.45, 2.75) is 57.4 Å². The summed E-state index contributed by atoms with van der Waals surface area (Å²) in [7, 11) is 1.59. The molecule has 2 amide bonds. The van der Waals surface area contributed by atoms with Gasteiger partial charge in [0.25, 0.3) is 5.91 Å². The summed E-state index contributed by atoms with van der Waals surface area (Å²) in [6, 6.07) is 5.75. The third kappa shape index (κ3) is 6.00. The first kappa shape index (κ1) is 22.2. The highest BCUT2D eigenvalue weighted by molar-refractivity contribution is 5.79. The predicted octanol–water partition coefficient (Wildman–Crippen LogP) is 3.49. The quantitative estimate of drug-likeness (QED) is 0.661. The van der Waals surface area contributed by atoms with E-state index in [0.717, 1.165) is 50.8 Å². The van der Waals surface area contributed by atoms with Crippen molar-refractivity contribution in [2.75, 3.05) is 26.8 Å². The van der Waals surface area contributed by atoms with Gasteiger partial charge in [0.05, 0.1) is 7.11 Å². The standard InChI is InChI=1S/C24H34N2O4/c1-3-7-18-10-11-21(22(16-18)29-2)30-17-23(27)25-20-12-14-26(15-13-20)24(28)19-8-5-4-6-9-19/h3,10-11,16,19-20H,1,4-9,12-15,17H2,2H3,(H,25,27). The zero-order valence-electron chi connectivity index (χ0n) is 18.0. The molecular formula is C24H34N2O4. The number of nitrogens with zero attached hydrogens (tertiary/aromatic N) is 1. The molecule has 1 saturated heterocycles. The lowest BCUT2D eigenvalue weighted by Gasteiger charge is -2.35. The van der Waals surface area contributed by atoms with Gasteiger partial charge in [-0.25, -0.2) is 0 Å². The van der Waals surface area contributed by atoms with Gasteiger partial charge in [0, 0.05) is 25.0 Å². The number of ether oxygens (including phenoxy) is 2. The number of amides is 2. The molecule has 1 saturated carbocycles. The normalized spacial score (nSPS) is 18.0. The third-order valence-corrected chi connectivity index (χ3v) is 6.09. The highest BCUT2D eigenvalue weighted by Gasteiger charge is 2.29. The van der Waals surface area contributed by atoms with Gasteiger partial charge < -0.3 is 19.7 Å². The number of rotatable bonds is 8. The average Bonchev–Trinajstić information content (AvgIpc) is 2.79. The van der Waals surface area contributed by atoms with Crippen LogP contribution in [0.1, 0.15) is 50.5 Å². The van der Waals surface area contributed by atoms with Crippen molar-refractivity contribution in [3.05, 3.63) is 36.4 Å². The van der Waals surface area contributed by atoms with Gasteiger partial charge in [-0.1, -0.05) is 31.4 Å². The number of allylic oxidation sites excluding steroid dienone is 1. The lowest BCUT2D eigenvalue weighted by atomic mass is 9.87. The molecule has 164 valence electrons. The second-order valence-corrected chi connectivity index (χ2v) is 8.27. The lowest BCUT2D eigenvalue weighted by Crippen LogP contribution is -2.49. The summed E-state index contributed by atoms with van der Waals surface area (Å²) in [5.41, 5.74) is 1.08. The molecule has 3 rings (SSSR count). The maximum atomic E-state index is 12.7. The number of benzene rings is 1. The monoisotopic (exact) mass is 414 g/mol. The number of carbonyl (C=O) groups is 2. The summed E-state index contributed by atoms with van der Waals surface area (Å²) in [5, 5.41) is 3.04. The van der Waals surface area contributed by atoms with Gasteiger partial charge >= 0.3 is 0 Å². The predicted molar refractivity (Wildman–Crippen MR) is 117 cm³/mol. The molecular weight excluding hydrogens is 380 g/mol. The second-order valence-electron chi connectivity index (χ2n) is 8.27. The summed E-state index contributed by atoms with van der Waals surface area (Å²) in [6.45, 7) is 5.13. The SMILES string of the molecule is C=CCc1ccc(OCC(=O)NC2CCN(C(=O)C3CCCCC3)CC2)c(OC)c1.